The van der Waals surface area contributed by atoms with E-state index in [-0.39, 0.29) is 6.10 Å². The summed E-state index contributed by atoms with van der Waals surface area (Å²) in [6.07, 6.45) is 0.232. The zero-order valence-electron chi connectivity index (χ0n) is 10.7. The van der Waals surface area contributed by atoms with E-state index in [0.29, 0.717) is 0 Å². The Bertz CT molecular complexity index is 428. The summed E-state index contributed by atoms with van der Waals surface area (Å²) >= 11 is 9.68. The van der Waals surface area contributed by atoms with Crippen LogP contribution in [0.25, 0.3) is 0 Å². The molecule has 1 aromatic carbocycles. The van der Waals surface area contributed by atoms with E-state index < -0.39 is 0 Å². The summed E-state index contributed by atoms with van der Waals surface area (Å²) in [6, 6.07) is 3.98. The molecular weight excluding hydrogens is 316 g/mol. The van der Waals surface area contributed by atoms with Gasteiger partial charge in [0.25, 0.3) is 0 Å². The van der Waals surface area contributed by atoms with Crippen LogP contribution in [0.5, 0.6) is 0 Å². The fraction of sp³-hybridized carbons (Fsp3) is 0.538. The van der Waals surface area contributed by atoms with Crippen molar-refractivity contribution in [2.45, 2.75) is 13.0 Å². The average molecular weight is 334 g/mol. The standard InChI is InChI=1S/C13H18BrClN2O/c1-9-5-11(14)13(6-12(9)15)16-7-10-8-17(2)3-4-18-10/h5-6,10,16H,3-4,7-8H2,1-2H3. The second-order valence-corrected chi connectivity index (χ2v) is 5.98. The van der Waals surface area contributed by atoms with Crippen molar-refractivity contribution in [1.29, 1.82) is 0 Å². The van der Waals surface area contributed by atoms with E-state index in [1.807, 2.05) is 19.1 Å². The van der Waals surface area contributed by atoms with Crippen LogP contribution in [0.4, 0.5) is 5.69 Å². The van der Waals surface area contributed by atoms with Crippen LogP contribution in [-0.4, -0.2) is 44.3 Å². The summed E-state index contributed by atoms with van der Waals surface area (Å²) in [7, 11) is 2.12. The minimum atomic E-state index is 0.232. The number of benzene rings is 1. The summed E-state index contributed by atoms with van der Waals surface area (Å²) in [5, 5.41) is 4.17. The van der Waals surface area contributed by atoms with Crippen molar-refractivity contribution >= 4 is 33.2 Å². The maximum atomic E-state index is 6.13. The number of aryl methyl sites for hydroxylation is 1. The van der Waals surface area contributed by atoms with Crippen molar-refractivity contribution in [2.75, 3.05) is 38.6 Å². The predicted octanol–water partition coefficient (Wildman–Crippen LogP) is 3.15. The summed E-state index contributed by atoms with van der Waals surface area (Å²) in [5.41, 5.74) is 2.09. The highest BCUT2D eigenvalue weighted by Gasteiger charge is 2.17. The second-order valence-electron chi connectivity index (χ2n) is 4.72. The third-order valence-electron chi connectivity index (χ3n) is 3.11. The Morgan fingerprint density at radius 2 is 2.33 bits per heavy atom. The molecule has 1 unspecified atom stereocenters. The Morgan fingerprint density at radius 3 is 3.06 bits per heavy atom. The molecule has 18 heavy (non-hydrogen) atoms. The first-order valence-corrected chi connectivity index (χ1v) is 7.23. The van der Waals surface area contributed by atoms with Crippen molar-refractivity contribution in [3.63, 3.8) is 0 Å². The third-order valence-corrected chi connectivity index (χ3v) is 4.17. The zero-order valence-corrected chi connectivity index (χ0v) is 13.0. The minimum absolute atomic E-state index is 0.232. The maximum Gasteiger partial charge on any atom is 0.0874 e. The van der Waals surface area contributed by atoms with E-state index in [1.165, 1.54) is 0 Å². The molecule has 1 heterocycles. The number of hydrogen-bond acceptors (Lipinski definition) is 3. The predicted molar refractivity (Wildman–Crippen MR) is 79.6 cm³/mol. The lowest BCUT2D eigenvalue weighted by Crippen LogP contribution is -2.43. The third kappa shape index (κ3) is 3.60. The van der Waals surface area contributed by atoms with Gasteiger partial charge in [0.1, 0.15) is 0 Å². The number of halogens is 2. The largest absolute Gasteiger partial charge is 0.381 e. The Labute approximate surface area is 122 Å². The smallest absolute Gasteiger partial charge is 0.0874 e. The molecule has 1 saturated heterocycles. The van der Waals surface area contributed by atoms with E-state index in [4.69, 9.17) is 16.3 Å². The molecule has 0 radical (unpaired) electrons. The Morgan fingerprint density at radius 1 is 1.56 bits per heavy atom. The first-order chi connectivity index (χ1) is 8.56. The number of nitrogens with one attached hydrogen (secondary N) is 1. The van der Waals surface area contributed by atoms with Gasteiger partial charge < -0.3 is 15.0 Å². The molecule has 1 aliphatic heterocycles. The molecule has 0 amide bonds. The number of rotatable bonds is 3. The van der Waals surface area contributed by atoms with Crippen LogP contribution >= 0.6 is 27.5 Å². The van der Waals surface area contributed by atoms with Crippen molar-refractivity contribution < 1.29 is 4.74 Å². The van der Waals surface area contributed by atoms with Crippen LogP contribution in [0.15, 0.2) is 16.6 Å². The quantitative estimate of drug-likeness (QED) is 0.919. The molecule has 0 spiro atoms. The van der Waals surface area contributed by atoms with Crippen molar-refractivity contribution in [3.8, 4) is 0 Å². The molecule has 1 N–H and O–H groups in total. The molecule has 5 heteroatoms. The molecule has 0 aliphatic carbocycles. The van der Waals surface area contributed by atoms with Crippen LogP contribution in [0.1, 0.15) is 5.56 Å². The minimum Gasteiger partial charge on any atom is -0.381 e. The summed E-state index contributed by atoms with van der Waals surface area (Å²) < 4.78 is 6.75. The molecule has 3 nitrogen and oxygen atoms in total. The van der Waals surface area contributed by atoms with Gasteiger partial charge in [-0.1, -0.05) is 11.6 Å². The Kier molecular flexibility index (Phi) is 4.90. The lowest BCUT2D eigenvalue weighted by Gasteiger charge is -2.30. The molecule has 0 saturated carbocycles. The van der Waals surface area contributed by atoms with E-state index in [0.717, 1.165) is 47.0 Å². The molecule has 1 fully saturated rings. The van der Waals surface area contributed by atoms with E-state index in [1.54, 1.807) is 0 Å². The second kappa shape index (κ2) is 6.24. The van der Waals surface area contributed by atoms with Crippen LogP contribution in [0.2, 0.25) is 5.02 Å². The first kappa shape index (κ1) is 14.1. The maximum absolute atomic E-state index is 6.13. The Hall–Kier alpha value is -0.290. The molecule has 2 rings (SSSR count). The number of nitrogens with zero attached hydrogens (tertiary/aromatic N) is 1. The summed E-state index contributed by atoms with van der Waals surface area (Å²) in [6.45, 7) is 5.57. The topological polar surface area (TPSA) is 24.5 Å². The highest BCUT2D eigenvalue weighted by Crippen LogP contribution is 2.29. The van der Waals surface area contributed by atoms with Gasteiger partial charge in [-0.15, -0.1) is 0 Å². The highest BCUT2D eigenvalue weighted by molar-refractivity contribution is 9.10. The summed E-state index contributed by atoms with van der Waals surface area (Å²) in [5.74, 6) is 0. The van der Waals surface area contributed by atoms with Gasteiger partial charge in [0.15, 0.2) is 0 Å². The van der Waals surface area contributed by atoms with Gasteiger partial charge in [0.05, 0.1) is 18.4 Å². The monoisotopic (exact) mass is 332 g/mol. The Balaban J connectivity index is 1.95. The van der Waals surface area contributed by atoms with Gasteiger partial charge in [0, 0.05) is 29.1 Å². The lowest BCUT2D eigenvalue weighted by atomic mass is 10.2. The number of anilines is 1. The van der Waals surface area contributed by atoms with Crippen LogP contribution in [0, 0.1) is 6.92 Å². The molecule has 0 bridgehead atoms. The molecule has 1 atom stereocenters. The fourth-order valence-corrected chi connectivity index (χ4v) is 2.76. The highest BCUT2D eigenvalue weighted by atomic mass is 79.9. The number of ether oxygens (including phenoxy) is 1. The van der Waals surface area contributed by atoms with Crippen molar-refractivity contribution in [3.05, 3.63) is 27.2 Å². The lowest BCUT2D eigenvalue weighted by molar-refractivity contribution is -0.0117. The summed E-state index contributed by atoms with van der Waals surface area (Å²) in [4.78, 5) is 2.28. The molecular formula is C13H18BrClN2O. The van der Waals surface area contributed by atoms with Crippen LogP contribution in [-0.2, 0) is 4.74 Å². The van der Waals surface area contributed by atoms with E-state index in [9.17, 15) is 0 Å². The fourth-order valence-electron chi connectivity index (χ4n) is 2.00. The average Bonchev–Trinajstić information content (AvgIpc) is 2.32. The van der Waals surface area contributed by atoms with E-state index in [2.05, 4.69) is 33.2 Å². The van der Waals surface area contributed by atoms with Gasteiger partial charge in [-0.2, -0.15) is 0 Å². The molecule has 100 valence electrons. The normalized spacial score (nSPS) is 21.0. The van der Waals surface area contributed by atoms with Gasteiger partial charge in [0.2, 0.25) is 0 Å². The molecule has 1 aliphatic rings. The van der Waals surface area contributed by atoms with Gasteiger partial charge in [-0.25, -0.2) is 0 Å². The number of likely N-dealkylation sites (N-methyl/N-ethyl adjacent to an activating group) is 1. The van der Waals surface area contributed by atoms with Crippen LogP contribution in [0.3, 0.4) is 0 Å². The number of morpholine rings is 1. The number of hydrogen-bond donors (Lipinski definition) is 1. The zero-order chi connectivity index (χ0) is 13.1. The van der Waals surface area contributed by atoms with Gasteiger partial charge >= 0.3 is 0 Å². The van der Waals surface area contributed by atoms with Gasteiger partial charge in [-0.3, -0.25) is 0 Å². The van der Waals surface area contributed by atoms with Gasteiger partial charge in [-0.05, 0) is 47.6 Å². The molecule has 0 aromatic heterocycles. The SMILES string of the molecule is Cc1cc(Br)c(NCC2CN(C)CCO2)cc1Cl. The van der Waals surface area contributed by atoms with Crippen LogP contribution < -0.4 is 5.32 Å². The first-order valence-electron chi connectivity index (χ1n) is 6.06. The van der Waals surface area contributed by atoms with Crippen molar-refractivity contribution in [1.82, 2.24) is 4.90 Å². The van der Waals surface area contributed by atoms with E-state index >= 15 is 0 Å². The molecule has 1 aromatic rings. The van der Waals surface area contributed by atoms with Crippen molar-refractivity contribution in [2.24, 2.45) is 0 Å².